The summed E-state index contributed by atoms with van der Waals surface area (Å²) in [5.41, 5.74) is 0.570. The summed E-state index contributed by atoms with van der Waals surface area (Å²) in [7, 11) is -0.534. The van der Waals surface area contributed by atoms with E-state index in [-0.39, 0.29) is 6.61 Å². The van der Waals surface area contributed by atoms with E-state index in [2.05, 4.69) is 5.16 Å². The van der Waals surface area contributed by atoms with Crippen molar-refractivity contribution in [3.8, 4) is 0 Å². The van der Waals surface area contributed by atoms with Crippen LogP contribution >= 0.6 is 0 Å². The van der Waals surface area contributed by atoms with Crippen molar-refractivity contribution in [2.45, 2.75) is 52.4 Å². The van der Waals surface area contributed by atoms with Crippen molar-refractivity contribution in [2.75, 3.05) is 0 Å². The van der Waals surface area contributed by atoms with Crippen LogP contribution in [0.5, 0.6) is 0 Å². The maximum absolute atomic E-state index is 9.21. The van der Waals surface area contributed by atoms with Gasteiger partial charge in [-0.3, -0.25) is 0 Å². The zero-order chi connectivity index (χ0) is 12.8. The normalized spacial score (nSPS) is 22.1. The average molecular weight is 239 g/mol. The van der Waals surface area contributed by atoms with Crippen LogP contribution in [0.3, 0.4) is 0 Å². The molecule has 0 bridgehead atoms. The zero-order valence-corrected chi connectivity index (χ0v) is 10.9. The maximum Gasteiger partial charge on any atom is 0.500 e. The topological polar surface area (TPSA) is 64.7 Å². The number of rotatable bonds is 2. The SMILES string of the molecule is Cc1noc(CO)c1B1OC(C)(C)C(C)(C)O1. The highest BCUT2D eigenvalue weighted by Crippen LogP contribution is 2.36. The summed E-state index contributed by atoms with van der Waals surface area (Å²) in [5.74, 6) is 0.404. The Kier molecular flexibility index (Phi) is 2.84. The van der Waals surface area contributed by atoms with Gasteiger partial charge in [0.05, 0.1) is 22.4 Å². The highest BCUT2D eigenvalue weighted by Gasteiger charge is 2.53. The van der Waals surface area contributed by atoms with Gasteiger partial charge in [0.15, 0.2) is 5.76 Å². The van der Waals surface area contributed by atoms with Gasteiger partial charge in [-0.05, 0) is 34.6 Å². The first-order valence-corrected chi connectivity index (χ1v) is 5.70. The third-order valence-corrected chi connectivity index (χ3v) is 3.62. The largest absolute Gasteiger partial charge is 0.500 e. The summed E-state index contributed by atoms with van der Waals surface area (Å²) in [6, 6.07) is 0. The fraction of sp³-hybridized carbons (Fsp3) is 0.727. The number of hydrogen-bond acceptors (Lipinski definition) is 5. The van der Waals surface area contributed by atoms with E-state index in [0.717, 1.165) is 0 Å². The Labute approximate surface area is 101 Å². The van der Waals surface area contributed by atoms with Crippen LogP contribution in [0.4, 0.5) is 0 Å². The van der Waals surface area contributed by atoms with Gasteiger partial charge in [0, 0.05) is 0 Å². The molecule has 1 fully saturated rings. The minimum atomic E-state index is -0.534. The summed E-state index contributed by atoms with van der Waals surface area (Å²) in [5, 5.41) is 13.0. The number of aryl methyl sites for hydroxylation is 1. The summed E-state index contributed by atoms with van der Waals surface area (Å²) >= 11 is 0. The third-order valence-electron chi connectivity index (χ3n) is 3.62. The predicted molar refractivity (Wildman–Crippen MR) is 62.9 cm³/mol. The van der Waals surface area contributed by atoms with Crippen LogP contribution in [0.25, 0.3) is 0 Å². The van der Waals surface area contributed by atoms with E-state index in [1.165, 1.54) is 0 Å². The predicted octanol–water partition coefficient (Wildman–Crippen LogP) is 0.775. The first-order valence-electron chi connectivity index (χ1n) is 5.70. The minimum Gasteiger partial charge on any atom is -0.399 e. The highest BCUT2D eigenvalue weighted by molar-refractivity contribution is 6.63. The third kappa shape index (κ3) is 1.90. The van der Waals surface area contributed by atoms with Gasteiger partial charge in [-0.1, -0.05) is 5.16 Å². The second-order valence-corrected chi connectivity index (χ2v) is 5.35. The summed E-state index contributed by atoms with van der Waals surface area (Å²) in [6.45, 7) is 9.52. The summed E-state index contributed by atoms with van der Waals surface area (Å²) in [4.78, 5) is 0. The molecule has 0 atom stereocenters. The summed E-state index contributed by atoms with van der Waals surface area (Å²) < 4.78 is 16.8. The monoisotopic (exact) mass is 239 g/mol. The quantitative estimate of drug-likeness (QED) is 0.772. The molecule has 2 heterocycles. The lowest BCUT2D eigenvalue weighted by molar-refractivity contribution is 0.00578. The van der Waals surface area contributed by atoms with Crippen molar-refractivity contribution in [3.05, 3.63) is 11.5 Å². The van der Waals surface area contributed by atoms with Crippen molar-refractivity contribution < 1.29 is 18.9 Å². The van der Waals surface area contributed by atoms with Crippen molar-refractivity contribution in [1.82, 2.24) is 5.16 Å². The molecule has 0 aliphatic carbocycles. The van der Waals surface area contributed by atoms with Gasteiger partial charge in [0.2, 0.25) is 0 Å². The van der Waals surface area contributed by atoms with Crippen LogP contribution in [0.2, 0.25) is 0 Å². The lowest BCUT2D eigenvalue weighted by Crippen LogP contribution is -2.41. The molecule has 6 heteroatoms. The average Bonchev–Trinajstić information content (AvgIpc) is 2.65. The second-order valence-electron chi connectivity index (χ2n) is 5.35. The zero-order valence-electron chi connectivity index (χ0n) is 10.9. The lowest BCUT2D eigenvalue weighted by atomic mass is 9.77. The van der Waals surface area contributed by atoms with Crippen LogP contribution in [0.15, 0.2) is 4.52 Å². The molecule has 0 radical (unpaired) electrons. The van der Waals surface area contributed by atoms with Crippen molar-refractivity contribution in [2.24, 2.45) is 0 Å². The standard InChI is InChI=1S/C11H18BNO4/c1-7-9(8(6-14)15-13-7)12-16-10(2,3)11(4,5)17-12/h14H,6H2,1-5H3. The fourth-order valence-corrected chi connectivity index (χ4v) is 1.80. The molecule has 1 aliphatic heterocycles. The number of aliphatic hydroxyl groups is 1. The Morgan fingerprint density at radius 3 is 2.18 bits per heavy atom. The van der Waals surface area contributed by atoms with Crippen LogP contribution in [-0.2, 0) is 15.9 Å². The van der Waals surface area contributed by atoms with E-state index in [1.54, 1.807) is 0 Å². The van der Waals surface area contributed by atoms with Gasteiger partial charge in [0.25, 0.3) is 0 Å². The second kappa shape index (κ2) is 3.83. The number of nitrogens with zero attached hydrogens (tertiary/aromatic N) is 1. The van der Waals surface area contributed by atoms with Gasteiger partial charge in [0.1, 0.15) is 6.61 Å². The Balaban J connectivity index is 2.35. The van der Waals surface area contributed by atoms with Gasteiger partial charge in [-0.2, -0.15) is 0 Å². The van der Waals surface area contributed by atoms with E-state index in [9.17, 15) is 5.11 Å². The van der Waals surface area contributed by atoms with Crippen molar-refractivity contribution in [1.29, 1.82) is 0 Å². The molecule has 1 aliphatic rings. The van der Waals surface area contributed by atoms with E-state index in [1.807, 2.05) is 34.6 Å². The molecule has 0 spiro atoms. The molecule has 0 unspecified atom stereocenters. The molecule has 0 aromatic carbocycles. The first kappa shape index (κ1) is 12.6. The minimum absolute atomic E-state index is 0.208. The van der Waals surface area contributed by atoms with Gasteiger partial charge < -0.3 is 18.9 Å². The van der Waals surface area contributed by atoms with E-state index in [0.29, 0.717) is 16.9 Å². The van der Waals surface area contributed by atoms with Gasteiger partial charge in [-0.25, -0.2) is 0 Å². The van der Waals surface area contributed by atoms with E-state index < -0.39 is 18.3 Å². The van der Waals surface area contributed by atoms with Crippen molar-refractivity contribution >= 4 is 12.6 Å². The molecule has 1 N–H and O–H groups in total. The number of aliphatic hydroxyl groups excluding tert-OH is 1. The van der Waals surface area contributed by atoms with Gasteiger partial charge in [-0.15, -0.1) is 0 Å². The molecule has 0 saturated carbocycles. The molecule has 2 rings (SSSR count). The Morgan fingerprint density at radius 1 is 1.18 bits per heavy atom. The molecule has 94 valence electrons. The van der Waals surface area contributed by atoms with E-state index >= 15 is 0 Å². The van der Waals surface area contributed by atoms with Crippen LogP contribution in [0.1, 0.15) is 39.1 Å². The molecule has 1 aromatic rings. The Bertz CT molecular complexity index is 411. The molecule has 17 heavy (non-hydrogen) atoms. The lowest BCUT2D eigenvalue weighted by Gasteiger charge is -2.32. The molecule has 5 nitrogen and oxygen atoms in total. The molecular weight excluding hydrogens is 221 g/mol. The molecule has 1 aromatic heterocycles. The molecule has 0 amide bonds. The number of aromatic nitrogens is 1. The van der Waals surface area contributed by atoms with E-state index in [4.69, 9.17) is 13.8 Å². The van der Waals surface area contributed by atoms with Gasteiger partial charge >= 0.3 is 7.12 Å². The van der Waals surface area contributed by atoms with Crippen LogP contribution in [0, 0.1) is 6.92 Å². The molecule has 1 saturated heterocycles. The Morgan fingerprint density at radius 2 is 1.71 bits per heavy atom. The highest BCUT2D eigenvalue weighted by atomic mass is 16.7. The molecular formula is C11H18BNO4. The van der Waals surface area contributed by atoms with Crippen LogP contribution < -0.4 is 5.46 Å². The maximum atomic E-state index is 9.21. The summed E-state index contributed by atoms with van der Waals surface area (Å²) in [6.07, 6.45) is 0. The number of hydrogen-bond donors (Lipinski definition) is 1. The fourth-order valence-electron chi connectivity index (χ4n) is 1.80. The Hall–Kier alpha value is -0.845. The van der Waals surface area contributed by atoms with Crippen molar-refractivity contribution in [3.63, 3.8) is 0 Å². The van der Waals surface area contributed by atoms with Crippen LogP contribution in [-0.4, -0.2) is 28.6 Å². The first-order chi connectivity index (χ1) is 7.78. The smallest absolute Gasteiger partial charge is 0.399 e.